The monoisotopic (exact) mass is 494 g/mol. The highest BCUT2D eigenvalue weighted by atomic mass is 32.2. The first-order valence-electron chi connectivity index (χ1n) is 11.2. The molecule has 2 aliphatic rings. The van der Waals surface area contributed by atoms with E-state index in [1.807, 2.05) is 17.0 Å². The fourth-order valence-corrected chi connectivity index (χ4v) is 6.38. The molecule has 2 saturated heterocycles. The molecule has 2 aromatic carbocycles. The molecule has 2 aliphatic heterocycles. The number of hydrogen-bond donors (Lipinski definition) is 0. The highest BCUT2D eigenvalue weighted by molar-refractivity contribution is 7.89. The van der Waals surface area contributed by atoms with Crippen molar-refractivity contribution in [3.05, 3.63) is 53.6 Å². The van der Waals surface area contributed by atoms with Crippen LogP contribution in [0.4, 0.5) is 8.78 Å². The predicted octanol–water partition coefficient (Wildman–Crippen LogP) is 3.75. The molecule has 4 rings (SSSR count). The van der Waals surface area contributed by atoms with Gasteiger partial charge in [-0.3, -0.25) is 4.79 Å². The molecule has 2 fully saturated rings. The Bertz CT molecular complexity index is 1170. The van der Waals surface area contributed by atoms with Crippen molar-refractivity contribution in [2.24, 2.45) is 5.92 Å². The Morgan fingerprint density at radius 2 is 1.71 bits per heavy atom. The van der Waals surface area contributed by atoms with Gasteiger partial charge in [0.25, 0.3) is 0 Å². The van der Waals surface area contributed by atoms with Crippen molar-refractivity contribution in [3.63, 3.8) is 0 Å². The number of halogens is 2. The Morgan fingerprint density at radius 1 is 0.971 bits per heavy atom. The summed E-state index contributed by atoms with van der Waals surface area (Å²) in [4.78, 5) is 14.6. The summed E-state index contributed by atoms with van der Waals surface area (Å²) in [5, 5.41) is 0. The van der Waals surface area contributed by atoms with Crippen molar-refractivity contribution in [3.8, 4) is 11.5 Å². The van der Waals surface area contributed by atoms with E-state index in [-0.39, 0.29) is 31.0 Å². The van der Waals surface area contributed by atoms with Crippen LogP contribution in [0, 0.1) is 17.6 Å². The quantitative estimate of drug-likeness (QED) is 0.612. The van der Waals surface area contributed by atoms with E-state index in [1.54, 1.807) is 20.3 Å². The van der Waals surface area contributed by atoms with Gasteiger partial charge < -0.3 is 14.4 Å². The summed E-state index contributed by atoms with van der Waals surface area (Å²) in [6.07, 6.45) is 2.30. The molecule has 184 valence electrons. The van der Waals surface area contributed by atoms with Crippen LogP contribution in [0.25, 0.3) is 0 Å². The molecule has 1 amide bonds. The van der Waals surface area contributed by atoms with Crippen LogP contribution in [-0.4, -0.2) is 57.4 Å². The predicted molar refractivity (Wildman–Crippen MR) is 121 cm³/mol. The van der Waals surface area contributed by atoms with Crippen LogP contribution in [-0.2, 0) is 14.8 Å². The zero-order valence-electron chi connectivity index (χ0n) is 19.2. The van der Waals surface area contributed by atoms with Gasteiger partial charge in [0.15, 0.2) is 0 Å². The zero-order chi connectivity index (χ0) is 24.5. The third-order valence-corrected chi connectivity index (χ3v) is 8.56. The van der Waals surface area contributed by atoms with Gasteiger partial charge in [0.05, 0.1) is 20.3 Å². The van der Waals surface area contributed by atoms with Crippen LogP contribution in [0.15, 0.2) is 41.3 Å². The summed E-state index contributed by atoms with van der Waals surface area (Å²) in [7, 11) is -1.03. The second-order valence-corrected chi connectivity index (χ2v) is 10.5. The Kier molecular flexibility index (Phi) is 7.09. The van der Waals surface area contributed by atoms with Gasteiger partial charge in [0.1, 0.15) is 28.0 Å². The first-order valence-corrected chi connectivity index (χ1v) is 12.7. The SMILES string of the molecule is COc1ccc(C2CCCN2C(=O)C2CCN(S(=O)(=O)c3cc(F)ccc3F)CC2)c(OC)c1. The highest BCUT2D eigenvalue weighted by Crippen LogP contribution is 2.40. The van der Waals surface area contributed by atoms with Crippen molar-refractivity contribution < 1.29 is 31.5 Å². The minimum Gasteiger partial charge on any atom is -0.497 e. The average molecular weight is 495 g/mol. The number of carbonyl (C=O) groups excluding carboxylic acids is 1. The highest BCUT2D eigenvalue weighted by Gasteiger charge is 2.39. The normalized spacial score (nSPS) is 19.9. The molecular formula is C24H28F2N2O5S. The minimum absolute atomic E-state index is 0.0191. The molecule has 0 aliphatic carbocycles. The van der Waals surface area contributed by atoms with Gasteiger partial charge in [-0.1, -0.05) is 0 Å². The summed E-state index contributed by atoms with van der Waals surface area (Å²) in [6, 6.07) is 7.80. The Hall–Kier alpha value is -2.72. The van der Waals surface area contributed by atoms with E-state index in [2.05, 4.69) is 0 Å². The lowest BCUT2D eigenvalue weighted by Gasteiger charge is -2.34. The van der Waals surface area contributed by atoms with Gasteiger partial charge in [0, 0.05) is 37.2 Å². The number of benzene rings is 2. The fraction of sp³-hybridized carbons (Fsp3) is 0.458. The van der Waals surface area contributed by atoms with Crippen molar-refractivity contribution >= 4 is 15.9 Å². The fourth-order valence-electron chi connectivity index (χ4n) is 4.84. The zero-order valence-corrected chi connectivity index (χ0v) is 20.0. The number of likely N-dealkylation sites (tertiary alicyclic amines) is 1. The second-order valence-electron chi connectivity index (χ2n) is 8.55. The van der Waals surface area contributed by atoms with Gasteiger partial charge >= 0.3 is 0 Å². The molecule has 1 atom stereocenters. The number of carbonyl (C=O) groups is 1. The molecule has 0 radical (unpaired) electrons. The van der Waals surface area contributed by atoms with Gasteiger partial charge in [-0.05, 0) is 56.0 Å². The molecule has 0 N–H and O–H groups in total. The van der Waals surface area contributed by atoms with Crippen molar-refractivity contribution in [2.75, 3.05) is 33.9 Å². The smallest absolute Gasteiger partial charge is 0.246 e. The van der Waals surface area contributed by atoms with Gasteiger partial charge in [-0.15, -0.1) is 0 Å². The lowest BCUT2D eigenvalue weighted by molar-refractivity contribution is -0.137. The molecule has 1 unspecified atom stereocenters. The molecule has 0 aromatic heterocycles. The van der Waals surface area contributed by atoms with E-state index in [0.717, 1.165) is 34.8 Å². The standard InChI is InChI=1S/C24H28F2N2O5S/c1-32-18-6-7-19(22(15-18)33-2)21-4-3-11-28(21)24(29)16-9-12-27(13-10-16)34(30,31)23-14-17(25)5-8-20(23)26/h5-8,14-16,21H,3-4,9-13H2,1-2H3. The van der Waals surface area contributed by atoms with Gasteiger partial charge in [-0.2, -0.15) is 4.31 Å². The number of ether oxygens (including phenoxy) is 2. The summed E-state index contributed by atoms with van der Waals surface area (Å²) in [6.45, 7) is 0.754. The molecule has 2 heterocycles. The third kappa shape index (κ3) is 4.61. The number of piperidine rings is 1. The van der Waals surface area contributed by atoms with Crippen LogP contribution in [0.3, 0.4) is 0 Å². The number of rotatable bonds is 6. The molecule has 0 saturated carbocycles. The molecule has 0 spiro atoms. The van der Waals surface area contributed by atoms with Crippen molar-refractivity contribution in [2.45, 2.75) is 36.6 Å². The lowest BCUT2D eigenvalue weighted by Crippen LogP contribution is -2.44. The lowest BCUT2D eigenvalue weighted by atomic mass is 9.95. The van der Waals surface area contributed by atoms with Crippen LogP contribution in [0.1, 0.15) is 37.3 Å². The van der Waals surface area contributed by atoms with Crippen LogP contribution in [0.5, 0.6) is 11.5 Å². The Balaban J connectivity index is 1.47. The van der Waals surface area contributed by atoms with E-state index < -0.39 is 26.6 Å². The molecule has 0 bridgehead atoms. The van der Waals surface area contributed by atoms with E-state index in [0.29, 0.717) is 37.0 Å². The van der Waals surface area contributed by atoms with Crippen LogP contribution >= 0.6 is 0 Å². The Labute approximate surface area is 198 Å². The van der Waals surface area contributed by atoms with E-state index >= 15 is 0 Å². The molecule has 34 heavy (non-hydrogen) atoms. The molecule has 10 heteroatoms. The summed E-state index contributed by atoms with van der Waals surface area (Å²) < 4.78 is 65.3. The summed E-state index contributed by atoms with van der Waals surface area (Å²) in [5.74, 6) is -0.850. The van der Waals surface area contributed by atoms with Crippen molar-refractivity contribution in [1.82, 2.24) is 9.21 Å². The topological polar surface area (TPSA) is 76.2 Å². The number of sulfonamides is 1. The third-order valence-electron chi connectivity index (χ3n) is 6.65. The van der Waals surface area contributed by atoms with Gasteiger partial charge in [-0.25, -0.2) is 17.2 Å². The maximum Gasteiger partial charge on any atom is 0.246 e. The molecule has 2 aromatic rings. The number of nitrogens with zero attached hydrogens (tertiary/aromatic N) is 2. The van der Waals surface area contributed by atoms with E-state index in [9.17, 15) is 22.0 Å². The Morgan fingerprint density at radius 3 is 2.38 bits per heavy atom. The number of amides is 1. The summed E-state index contributed by atoms with van der Waals surface area (Å²) >= 11 is 0. The van der Waals surface area contributed by atoms with Crippen LogP contribution < -0.4 is 9.47 Å². The number of hydrogen-bond acceptors (Lipinski definition) is 5. The largest absolute Gasteiger partial charge is 0.497 e. The number of methoxy groups -OCH3 is 2. The average Bonchev–Trinajstić information content (AvgIpc) is 3.34. The second kappa shape index (κ2) is 9.87. The first-order chi connectivity index (χ1) is 16.3. The molecule has 7 nitrogen and oxygen atoms in total. The maximum atomic E-state index is 14.1. The minimum atomic E-state index is -4.19. The van der Waals surface area contributed by atoms with E-state index in [4.69, 9.17) is 9.47 Å². The molecular weight excluding hydrogens is 466 g/mol. The van der Waals surface area contributed by atoms with Crippen molar-refractivity contribution in [1.29, 1.82) is 0 Å². The maximum absolute atomic E-state index is 14.1. The van der Waals surface area contributed by atoms with Gasteiger partial charge in [0.2, 0.25) is 15.9 Å². The van der Waals surface area contributed by atoms with E-state index in [1.165, 1.54) is 0 Å². The first kappa shape index (κ1) is 24.4. The van der Waals surface area contributed by atoms with Crippen LogP contribution in [0.2, 0.25) is 0 Å². The summed E-state index contributed by atoms with van der Waals surface area (Å²) in [5.41, 5.74) is 0.913.